The Kier molecular flexibility index (Phi) is 14.9. The second-order valence-corrected chi connectivity index (χ2v) is 7.96. The van der Waals surface area contributed by atoms with Crippen LogP contribution in [-0.4, -0.2) is 0 Å². The molecule has 1 aliphatic heterocycles. The first-order valence-electron chi connectivity index (χ1n) is 11.4. The van der Waals surface area contributed by atoms with Crippen LogP contribution < -0.4 is 5.32 Å². The van der Waals surface area contributed by atoms with E-state index in [9.17, 15) is 0 Å². The van der Waals surface area contributed by atoms with Gasteiger partial charge in [-0.3, -0.25) is 5.32 Å². The van der Waals surface area contributed by atoms with Crippen LogP contribution in [0.3, 0.4) is 0 Å². The summed E-state index contributed by atoms with van der Waals surface area (Å²) in [7, 11) is 0. The number of hydrogen-bond donors (Lipinski definition) is 0. The molecule has 0 aromatic heterocycles. The SMILES string of the molecule is CCCCCCCCCCCCCCCCCCCC1=C(C)[N]C=C1. The maximum atomic E-state index is 4.31. The molecular formula is C24H44N. The molecule has 1 radical (unpaired) electrons. The maximum absolute atomic E-state index is 4.31. The molecule has 0 aromatic carbocycles. The van der Waals surface area contributed by atoms with Crippen molar-refractivity contribution in [2.75, 3.05) is 0 Å². The fourth-order valence-electron chi connectivity index (χ4n) is 3.75. The van der Waals surface area contributed by atoms with Gasteiger partial charge in [-0.15, -0.1) is 0 Å². The molecule has 0 saturated carbocycles. The van der Waals surface area contributed by atoms with Crippen molar-refractivity contribution in [3.63, 3.8) is 0 Å². The van der Waals surface area contributed by atoms with E-state index in [0.717, 1.165) is 0 Å². The van der Waals surface area contributed by atoms with Crippen LogP contribution >= 0.6 is 0 Å². The molecule has 25 heavy (non-hydrogen) atoms. The highest BCUT2D eigenvalue weighted by Crippen LogP contribution is 2.19. The number of unbranched alkanes of at least 4 members (excludes halogenated alkanes) is 16. The summed E-state index contributed by atoms with van der Waals surface area (Å²) in [6.45, 7) is 4.42. The lowest BCUT2D eigenvalue weighted by Gasteiger charge is -2.04. The van der Waals surface area contributed by atoms with Crippen LogP contribution in [0.1, 0.15) is 129 Å². The molecule has 1 heterocycles. The van der Waals surface area contributed by atoms with E-state index in [1.54, 1.807) is 0 Å². The molecule has 0 N–H and O–H groups in total. The summed E-state index contributed by atoms with van der Waals surface area (Å²) < 4.78 is 0. The van der Waals surface area contributed by atoms with Crippen molar-refractivity contribution in [3.8, 4) is 0 Å². The van der Waals surface area contributed by atoms with E-state index in [2.05, 4.69) is 25.2 Å². The second-order valence-electron chi connectivity index (χ2n) is 7.96. The highest BCUT2D eigenvalue weighted by molar-refractivity contribution is 5.29. The Balaban J connectivity index is 1.69. The van der Waals surface area contributed by atoms with Gasteiger partial charge in [0.05, 0.1) is 0 Å². The lowest BCUT2D eigenvalue weighted by molar-refractivity contribution is 0.527. The predicted octanol–water partition coefficient (Wildman–Crippen LogP) is 8.43. The molecule has 1 nitrogen and oxygen atoms in total. The van der Waals surface area contributed by atoms with Crippen LogP contribution in [0.2, 0.25) is 0 Å². The zero-order valence-electron chi connectivity index (χ0n) is 17.3. The van der Waals surface area contributed by atoms with Crippen molar-refractivity contribution in [3.05, 3.63) is 23.5 Å². The fourth-order valence-corrected chi connectivity index (χ4v) is 3.75. The maximum Gasteiger partial charge on any atom is 0.0405 e. The van der Waals surface area contributed by atoms with Crippen LogP contribution in [-0.2, 0) is 0 Å². The number of hydrogen-bond acceptors (Lipinski definition) is 0. The molecule has 1 rings (SSSR count). The summed E-state index contributed by atoms with van der Waals surface area (Å²) in [5.74, 6) is 0. The molecule has 0 fully saturated rings. The van der Waals surface area contributed by atoms with Gasteiger partial charge in [0.1, 0.15) is 0 Å². The van der Waals surface area contributed by atoms with E-state index >= 15 is 0 Å². The molecule has 0 atom stereocenters. The topological polar surface area (TPSA) is 14.1 Å². The number of nitrogens with zero attached hydrogens (tertiary/aromatic N) is 1. The first-order valence-corrected chi connectivity index (χ1v) is 11.4. The minimum atomic E-state index is 1.23. The lowest BCUT2D eigenvalue weighted by atomic mass is 10.0. The van der Waals surface area contributed by atoms with E-state index in [0.29, 0.717) is 0 Å². The van der Waals surface area contributed by atoms with Gasteiger partial charge in [0, 0.05) is 11.9 Å². The summed E-state index contributed by atoms with van der Waals surface area (Å²) in [6.07, 6.45) is 29.9. The van der Waals surface area contributed by atoms with Gasteiger partial charge in [0.15, 0.2) is 0 Å². The third-order valence-corrected chi connectivity index (χ3v) is 5.56. The lowest BCUT2D eigenvalue weighted by Crippen LogP contribution is -1.89. The van der Waals surface area contributed by atoms with Crippen molar-refractivity contribution in [1.82, 2.24) is 5.32 Å². The quantitative estimate of drug-likeness (QED) is 0.221. The van der Waals surface area contributed by atoms with Gasteiger partial charge in [-0.25, -0.2) is 0 Å². The molecule has 0 saturated heterocycles. The zero-order valence-corrected chi connectivity index (χ0v) is 17.3. The number of rotatable bonds is 18. The Hall–Kier alpha value is -0.720. The van der Waals surface area contributed by atoms with Crippen LogP contribution in [0.5, 0.6) is 0 Å². The highest BCUT2D eigenvalue weighted by atomic mass is 14.9. The Morgan fingerprint density at radius 2 is 1.00 bits per heavy atom. The molecule has 0 amide bonds. The van der Waals surface area contributed by atoms with E-state index in [1.165, 1.54) is 127 Å². The third-order valence-electron chi connectivity index (χ3n) is 5.56. The largest absolute Gasteiger partial charge is 0.261 e. The summed E-state index contributed by atoms with van der Waals surface area (Å²) in [5, 5.41) is 4.31. The standard InChI is InChI=1S/C24H44N/c1-3-4-5-6-7-8-9-10-11-12-13-14-15-16-17-18-19-20-24-21-22-25-23(24)2/h21-22H,3-20H2,1-2H3. The van der Waals surface area contributed by atoms with E-state index in [4.69, 9.17) is 0 Å². The molecule has 0 spiro atoms. The van der Waals surface area contributed by atoms with Gasteiger partial charge >= 0.3 is 0 Å². The minimum absolute atomic E-state index is 1.23. The molecule has 0 unspecified atom stereocenters. The van der Waals surface area contributed by atoms with Crippen molar-refractivity contribution < 1.29 is 0 Å². The third kappa shape index (κ3) is 13.2. The minimum Gasteiger partial charge on any atom is -0.261 e. The Bertz CT molecular complexity index is 353. The van der Waals surface area contributed by atoms with Crippen molar-refractivity contribution in [1.29, 1.82) is 0 Å². The summed E-state index contributed by atoms with van der Waals surface area (Å²) in [6, 6.07) is 0. The van der Waals surface area contributed by atoms with Gasteiger partial charge < -0.3 is 0 Å². The molecule has 0 aromatic rings. The first kappa shape index (κ1) is 22.3. The van der Waals surface area contributed by atoms with Crippen molar-refractivity contribution in [2.24, 2.45) is 0 Å². The average Bonchev–Trinajstić information content (AvgIpc) is 3.02. The Morgan fingerprint density at radius 3 is 1.36 bits per heavy atom. The summed E-state index contributed by atoms with van der Waals surface area (Å²) in [5.41, 5.74) is 2.69. The number of allylic oxidation sites excluding steroid dienone is 3. The van der Waals surface area contributed by atoms with Crippen molar-refractivity contribution in [2.45, 2.75) is 129 Å². The summed E-state index contributed by atoms with van der Waals surface area (Å²) >= 11 is 0. The fraction of sp³-hybridized carbons (Fsp3) is 0.833. The smallest absolute Gasteiger partial charge is 0.0405 e. The Morgan fingerprint density at radius 1 is 0.600 bits per heavy atom. The normalized spacial score (nSPS) is 13.7. The molecule has 0 bridgehead atoms. The van der Waals surface area contributed by atoms with E-state index in [-0.39, 0.29) is 0 Å². The molecule has 1 aliphatic rings. The van der Waals surface area contributed by atoms with E-state index in [1.807, 2.05) is 6.20 Å². The monoisotopic (exact) mass is 346 g/mol. The Labute approximate surface area is 158 Å². The predicted molar refractivity (Wildman–Crippen MR) is 113 cm³/mol. The van der Waals surface area contributed by atoms with Crippen molar-refractivity contribution >= 4 is 0 Å². The van der Waals surface area contributed by atoms with Gasteiger partial charge in [-0.2, -0.15) is 0 Å². The van der Waals surface area contributed by atoms with Crippen LogP contribution in [0, 0.1) is 0 Å². The first-order chi connectivity index (χ1) is 12.3. The average molecular weight is 347 g/mol. The molecule has 145 valence electrons. The van der Waals surface area contributed by atoms with Gasteiger partial charge in [-0.1, -0.05) is 110 Å². The van der Waals surface area contributed by atoms with Crippen LogP contribution in [0.25, 0.3) is 0 Å². The van der Waals surface area contributed by atoms with Gasteiger partial charge in [0.2, 0.25) is 0 Å². The molecular weight excluding hydrogens is 302 g/mol. The molecule has 1 heteroatoms. The summed E-state index contributed by atoms with van der Waals surface area (Å²) in [4.78, 5) is 0. The van der Waals surface area contributed by atoms with Gasteiger partial charge in [-0.05, 0) is 31.4 Å². The van der Waals surface area contributed by atoms with Gasteiger partial charge in [0.25, 0.3) is 0 Å². The zero-order chi connectivity index (χ0) is 18.0. The van der Waals surface area contributed by atoms with E-state index < -0.39 is 0 Å². The highest BCUT2D eigenvalue weighted by Gasteiger charge is 2.04. The molecule has 0 aliphatic carbocycles. The van der Waals surface area contributed by atoms with Crippen LogP contribution in [0.15, 0.2) is 23.5 Å². The van der Waals surface area contributed by atoms with Crippen LogP contribution in [0.4, 0.5) is 0 Å². The second kappa shape index (κ2) is 16.7.